The van der Waals surface area contributed by atoms with Gasteiger partial charge in [-0.25, -0.2) is 0 Å². The van der Waals surface area contributed by atoms with Crippen LogP contribution >= 0.6 is 11.6 Å². The molecule has 3 rings (SSSR count). The number of nitrogens with two attached hydrogens (primary N) is 1. The molecule has 0 radical (unpaired) electrons. The van der Waals surface area contributed by atoms with Crippen LogP contribution in [0.25, 0.3) is 0 Å². The molecular weight excluding hydrogens is 280 g/mol. The summed E-state index contributed by atoms with van der Waals surface area (Å²) in [5.41, 5.74) is 8.64. The van der Waals surface area contributed by atoms with Gasteiger partial charge < -0.3 is 10.6 Å². The largest absolute Gasteiger partial charge is 0.368 e. The first-order valence-electron chi connectivity index (χ1n) is 8.46. The quantitative estimate of drug-likeness (QED) is 0.897. The molecule has 2 N–H and O–H groups in total. The normalized spacial score (nSPS) is 27.3. The SMILES string of the molecule is CC(N)Cc1c(Cl)cccc1N1CCCC2CCCCC21. The molecule has 3 unspecified atom stereocenters. The molecule has 1 aromatic carbocycles. The molecule has 0 spiro atoms. The highest BCUT2D eigenvalue weighted by atomic mass is 35.5. The lowest BCUT2D eigenvalue weighted by atomic mass is 9.78. The minimum Gasteiger partial charge on any atom is -0.368 e. The van der Waals surface area contributed by atoms with Crippen LogP contribution in [0.2, 0.25) is 5.02 Å². The van der Waals surface area contributed by atoms with Crippen molar-refractivity contribution >= 4 is 17.3 Å². The summed E-state index contributed by atoms with van der Waals surface area (Å²) >= 11 is 6.49. The van der Waals surface area contributed by atoms with Crippen LogP contribution < -0.4 is 10.6 Å². The van der Waals surface area contributed by atoms with E-state index >= 15 is 0 Å². The van der Waals surface area contributed by atoms with E-state index in [4.69, 9.17) is 17.3 Å². The summed E-state index contributed by atoms with van der Waals surface area (Å²) in [7, 11) is 0. The van der Waals surface area contributed by atoms with Gasteiger partial charge in [-0.2, -0.15) is 0 Å². The zero-order valence-corrected chi connectivity index (χ0v) is 13.8. The number of anilines is 1. The standard InChI is InChI=1S/C18H27ClN2/c1-13(20)12-15-16(19)8-4-10-18(15)21-11-5-7-14-6-2-3-9-17(14)21/h4,8,10,13-14,17H,2-3,5-7,9,11-12,20H2,1H3. The molecule has 1 saturated carbocycles. The van der Waals surface area contributed by atoms with Gasteiger partial charge in [0.05, 0.1) is 0 Å². The number of nitrogens with zero attached hydrogens (tertiary/aromatic N) is 1. The van der Waals surface area contributed by atoms with E-state index < -0.39 is 0 Å². The van der Waals surface area contributed by atoms with Gasteiger partial charge in [-0.05, 0) is 62.6 Å². The van der Waals surface area contributed by atoms with Gasteiger partial charge in [-0.15, -0.1) is 0 Å². The van der Waals surface area contributed by atoms with Gasteiger partial charge in [0.15, 0.2) is 0 Å². The zero-order chi connectivity index (χ0) is 14.8. The van der Waals surface area contributed by atoms with Gasteiger partial charge in [0, 0.05) is 29.3 Å². The number of rotatable bonds is 3. The maximum Gasteiger partial charge on any atom is 0.0459 e. The molecule has 0 amide bonds. The molecule has 1 heterocycles. The van der Waals surface area contributed by atoms with Gasteiger partial charge in [0.2, 0.25) is 0 Å². The third kappa shape index (κ3) is 3.22. The van der Waals surface area contributed by atoms with Crippen molar-refractivity contribution in [3.63, 3.8) is 0 Å². The Morgan fingerprint density at radius 1 is 1.24 bits per heavy atom. The fourth-order valence-corrected chi connectivity index (χ4v) is 4.51. The van der Waals surface area contributed by atoms with Crippen molar-refractivity contribution in [2.45, 2.75) is 64.0 Å². The average molecular weight is 307 g/mol. The Labute approximate surface area is 133 Å². The summed E-state index contributed by atoms with van der Waals surface area (Å²) < 4.78 is 0. The number of halogens is 1. The molecule has 1 saturated heterocycles. The number of fused-ring (bicyclic) bond motifs is 1. The maximum atomic E-state index is 6.49. The molecule has 3 atom stereocenters. The lowest BCUT2D eigenvalue weighted by Gasteiger charge is -2.46. The second-order valence-electron chi connectivity index (χ2n) is 6.87. The van der Waals surface area contributed by atoms with Crippen LogP contribution in [0.15, 0.2) is 18.2 Å². The Balaban J connectivity index is 1.93. The van der Waals surface area contributed by atoms with Gasteiger partial charge in [0.25, 0.3) is 0 Å². The van der Waals surface area contributed by atoms with Gasteiger partial charge >= 0.3 is 0 Å². The highest BCUT2D eigenvalue weighted by Crippen LogP contribution is 2.40. The van der Waals surface area contributed by atoms with Crippen LogP contribution in [-0.4, -0.2) is 18.6 Å². The summed E-state index contributed by atoms with van der Waals surface area (Å²) in [5.74, 6) is 0.884. The predicted molar refractivity (Wildman–Crippen MR) is 91.1 cm³/mol. The third-order valence-electron chi connectivity index (χ3n) is 5.17. The van der Waals surface area contributed by atoms with E-state index in [1.165, 1.54) is 56.3 Å². The van der Waals surface area contributed by atoms with Crippen molar-refractivity contribution in [2.24, 2.45) is 11.7 Å². The van der Waals surface area contributed by atoms with Crippen molar-refractivity contribution in [3.8, 4) is 0 Å². The second kappa shape index (κ2) is 6.58. The van der Waals surface area contributed by atoms with E-state index in [-0.39, 0.29) is 6.04 Å². The molecule has 0 bridgehead atoms. The minimum atomic E-state index is 0.149. The zero-order valence-electron chi connectivity index (χ0n) is 13.0. The van der Waals surface area contributed by atoms with Crippen molar-refractivity contribution in [3.05, 3.63) is 28.8 Å². The topological polar surface area (TPSA) is 29.3 Å². The summed E-state index contributed by atoms with van der Waals surface area (Å²) in [5, 5.41) is 0.878. The number of hydrogen-bond acceptors (Lipinski definition) is 2. The molecule has 3 heteroatoms. The Morgan fingerprint density at radius 3 is 2.81 bits per heavy atom. The van der Waals surface area contributed by atoms with Crippen LogP contribution in [0.1, 0.15) is 51.0 Å². The van der Waals surface area contributed by atoms with Crippen LogP contribution in [0, 0.1) is 5.92 Å². The molecule has 1 aliphatic heterocycles. The van der Waals surface area contributed by atoms with Crippen molar-refractivity contribution in [1.29, 1.82) is 0 Å². The fourth-order valence-electron chi connectivity index (χ4n) is 4.26. The van der Waals surface area contributed by atoms with E-state index in [9.17, 15) is 0 Å². The molecule has 21 heavy (non-hydrogen) atoms. The molecule has 116 valence electrons. The molecule has 2 aliphatic rings. The van der Waals surface area contributed by atoms with E-state index in [0.717, 1.165) is 23.4 Å². The van der Waals surface area contributed by atoms with Crippen molar-refractivity contribution in [2.75, 3.05) is 11.4 Å². The first kappa shape index (κ1) is 15.2. The third-order valence-corrected chi connectivity index (χ3v) is 5.53. The van der Waals surface area contributed by atoms with Gasteiger partial charge in [-0.3, -0.25) is 0 Å². The number of hydrogen-bond donors (Lipinski definition) is 1. The van der Waals surface area contributed by atoms with Crippen LogP contribution in [-0.2, 0) is 6.42 Å². The number of piperidine rings is 1. The van der Waals surface area contributed by atoms with Crippen molar-refractivity contribution < 1.29 is 0 Å². The Hall–Kier alpha value is -0.730. The summed E-state index contributed by atoms with van der Waals surface area (Å²) in [6.07, 6.45) is 9.12. The second-order valence-corrected chi connectivity index (χ2v) is 7.27. The summed E-state index contributed by atoms with van der Waals surface area (Å²) in [6, 6.07) is 7.22. The first-order valence-corrected chi connectivity index (χ1v) is 8.84. The highest BCUT2D eigenvalue weighted by Gasteiger charge is 2.34. The summed E-state index contributed by atoms with van der Waals surface area (Å²) in [4.78, 5) is 2.65. The maximum absolute atomic E-state index is 6.49. The summed E-state index contributed by atoms with van der Waals surface area (Å²) in [6.45, 7) is 3.24. The molecule has 1 aromatic rings. The monoisotopic (exact) mass is 306 g/mol. The molecule has 2 nitrogen and oxygen atoms in total. The van der Waals surface area contributed by atoms with Crippen LogP contribution in [0.5, 0.6) is 0 Å². The highest BCUT2D eigenvalue weighted by molar-refractivity contribution is 6.31. The first-order chi connectivity index (χ1) is 10.2. The van der Waals surface area contributed by atoms with Crippen LogP contribution in [0.4, 0.5) is 5.69 Å². The lowest BCUT2D eigenvalue weighted by molar-refractivity contribution is 0.243. The molecule has 1 aliphatic carbocycles. The lowest BCUT2D eigenvalue weighted by Crippen LogP contribution is -2.47. The van der Waals surface area contributed by atoms with E-state index in [2.05, 4.69) is 24.0 Å². The van der Waals surface area contributed by atoms with E-state index in [1.807, 2.05) is 6.07 Å². The Morgan fingerprint density at radius 2 is 2.00 bits per heavy atom. The predicted octanol–water partition coefficient (Wildman–Crippen LogP) is 4.39. The van der Waals surface area contributed by atoms with Gasteiger partial charge in [-0.1, -0.05) is 30.5 Å². The van der Waals surface area contributed by atoms with Gasteiger partial charge in [0.1, 0.15) is 0 Å². The average Bonchev–Trinajstić information content (AvgIpc) is 2.48. The van der Waals surface area contributed by atoms with Crippen LogP contribution in [0.3, 0.4) is 0 Å². The van der Waals surface area contributed by atoms with E-state index in [0.29, 0.717) is 0 Å². The molecule has 2 fully saturated rings. The Bertz CT molecular complexity index is 484. The molecular formula is C18H27ClN2. The fraction of sp³-hybridized carbons (Fsp3) is 0.667. The van der Waals surface area contributed by atoms with Crippen molar-refractivity contribution in [1.82, 2.24) is 0 Å². The Kier molecular flexibility index (Phi) is 4.75. The molecule has 0 aromatic heterocycles. The smallest absolute Gasteiger partial charge is 0.0459 e. The number of benzene rings is 1. The minimum absolute atomic E-state index is 0.149. The van der Waals surface area contributed by atoms with E-state index in [1.54, 1.807) is 0 Å².